The normalized spacial score (nSPS) is 14.6. The molecule has 2 amide bonds. The molecule has 3 aromatic rings. The summed E-state index contributed by atoms with van der Waals surface area (Å²) in [6.07, 6.45) is 0. The van der Waals surface area contributed by atoms with Crippen molar-refractivity contribution < 1.29 is 9.59 Å². The first-order valence-electron chi connectivity index (χ1n) is 9.04. The van der Waals surface area contributed by atoms with Crippen LogP contribution in [0.4, 0.5) is 0 Å². The van der Waals surface area contributed by atoms with Crippen molar-refractivity contribution in [3.63, 3.8) is 0 Å². The number of carbonyl (C=O) groups excluding carboxylic acids is 2. The number of benzene rings is 2. The van der Waals surface area contributed by atoms with Crippen molar-refractivity contribution in [3.8, 4) is 0 Å². The Morgan fingerprint density at radius 3 is 2.30 bits per heavy atom. The number of para-hydroxylation sites is 1. The number of hydrogen-bond donors (Lipinski definition) is 0. The van der Waals surface area contributed by atoms with Gasteiger partial charge in [-0.1, -0.05) is 29.5 Å². The maximum atomic E-state index is 12.7. The number of piperazine rings is 1. The lowest BCUT2D eigenvalue weighted by atomic mass is 10.1. The van der Waals surface area contributed by atoms with Gasteiger partial charge in [-0.2, -0.15) is 0 Å². The van der Waals surface area contributed by atoms with Gasteiger partial charge >= 0.3 is 0 Å². The maximum absolute atomic E-state index is 12.7. The summed E-state index contributed by atoms with van der Waals surface area (Å²) in [5.41, 5.74) is 3.58. The van der Waals surface area contributed by atoms with E-state index in [0.717, 1.165) is 16.6 Å². The first-order chi connectivity index (χ1) is 13.1. The van der Waals surface area contributed by atoms with Crippen LogP contribution in [0.5, 0.6) is 0 Å². The second-order valence-corrected chi connectivity index (χ2v) is 6.73. The minimum absolute atomic E-state index is 0.0101. The lowest BCUT2D eigenvalue weighted by Crippen LogP contribution is -2.50. The quantitative estimate of drug-likeness (QED) is 0.711. The molecule has 138 valence electrons. The molecular formula is C20H21N5O2. The van der Waals surface area contributed by atoms with E-state index in [-0.39, 0.29) is 11.8 Å². The number of carbonyl (C=O) groups is 2. The van der Waals surface area contributed by atoms with Crippen LogP contribution in [0.2, 0.25) is 0 Å². The van der Waals surface area contributed by atoms with E-state index < -0.39 is 0 Å². The second-order valence-electron chi connectivity index (χ2n) is 6.73. The average Bonchev–Trinajstić information content (AvgIpc) is 3.11. The number of fused-ring (bicyclic) bond motifs is 1. The number of hydrogen-bond acceptors (Lipinski definition) is 4. The largest absolute Gasteiger partial charge is 0.339 e. The molecular weight excluding hydrogens is 342 g/mol. The third-order valence-electron chi connectivity index (χ3n) is 4.97. The lowest BCUT2D eigenvalue weighted by molar-refractivity contribution is -0.130. The predicted molar refractivity (Wildman–Crippen MR) is 101 cm³/mol. The Kier molecular flexibility index (Phi) is 4.58. The monoisotopic (exact) mass is 363 g/mol. The minimum Gasteiger partial charge on any atom is -0.339 e. The summed E-state index contributed by atoms with van der Waals surface area (Å²) in [7, 11) is 0. The third kappa shape index (κ3) is 3.53. The second kappa shape index (κ2) is 7.19. The molecule has 7 nitrogen and oxygen atoms in total. The van der Waals surface area contributed by atoms with Crippen LogP contribution in [0, 0.1) is 0 Å². The van der Waals surface area contributed by atoms with Crippen LogP contribution < -0.4 is 0 Å². The Morgan fingerprint density at radius 2 is 1.59 bits per heavy atom. The molecule has 0 aliphatic carbocycles. The van der Waals surface area contributed by atoms with Crippen LogP contribution in [0.25, 0.3) is 11.0 Å². The maximum Gasteiger partial charge on any atom is 0.253 e. The van der Waals surface area contributed by atoms with Gasteiger partial charge in [0.05, 0.1) is 12.1 Å². The van der Waals surface area contributed by atoms with Crippen LogP contribution in [-0.2, 0) is 11.3 Å². The highest BCUT2D eigenvalue weighted by Gasteiger charge is 2.23. The van der Waals surface area contributed by atoms with Crippen molar-refractivity contribution in [2.24, 2.45) is 0 Å². The van der Waals surface area contributed by atoms with E-state index in [1.165, 1.54) is 0 Å². The van der Waals surface area contributed by atoms with Crippen molar-refractivity contribution in [1.82, 2.24) is 24.8 Å². The van der Waals surface area contributed by atoms with Crippen LogP contribution in [0.1, 0.15) is 22.8 Å². The number of aromatic nitrogens is 3. The van der Waals surface area contributed by atoms with E-state index >= 15 is 0 Å². The van der Waals surface area contributed by atoms with Crippen LogP contribution >= 0.6 is 0 Å². The fraction of sp³-hybridized carbons (Fsp3) is 0.300. The fourth-order valence-electron chi connectivity index (χ4n) is 3.37. The molecule has 0 bridgehead atoms. The van der Waals surface area contributed by atoms with Crippen molar-refractivity contribution in [2.75, 3.05) is 26.2 Å². The van der Waals surface area contributed by atoms with E-state index in [9.17, 15) is 9.59 Å². The molecule has 0 radical (unpaired) electrons. The van der Waals surface area contributed by atoms with Gasteiger partial charge in [0.1, 0.15) is 5.52 Å². The molecule has 1 aliphatic heterocycles. The highest BCUT2D eigenvalue weighted by atomic mass is 16.2. The molecule has 7 heteroatoms. The highest BCUT2D eigenvalue weighted by molar-refractivity contribution is 5.94. The third-order valence-corrected chi connectivity index (χ3v) is 4.97. The number of amides is 2. The van der Waals surface area contributed by atoms with E-state index in [1.807, 2.05) is 53.2 Å². The van der Waals surface area contributed by atoms with Gasteiger partial charge in [-0.3, -0.25) is 9.59 Å². The van der Waals surface area contributed by atoms with Crippen molar-refractivity contribution >= 4 is 22.8 Å². The van der Waals surface area contributed by atoms with Gasteiger partial charge in [0.25, 0.3) is 5.91 Å². The summed E-state index contributed by atoms with van der Waals surface area (Å²) in [5.74, 6) is 0.0723. The molecule has 27 heavy (non-hydrogen) atoms. The van der Waals surface area contributed by atoms with Crippen LogP contribution in [0.3, 0.4) is 0 Å². The van der Waals surface area contributed by atoms with Crippen molar-refractivity contribution in [1.29, 1.82) is 0 Å². The molecule has 0 atom stereocenters. The summed E-state index contributed by atoms with van der Waals surface area (Å²) in [6, 6.07) is 15.5. The fourth-order valence-corrected chi connectivity index (χ4v) is 3.37. The van der Waals surface area contributed by atoms with E-state index in [4.69, 9.17) is 0 Å². The van der Waals surface area contributed by atoms with E-state index in [1.54, 1.807) is 16.7 Å². The smallest absolute Gasteiger partial charge is 0.253 e. The molecule has 0 spiro atoms. The Morgan fingerprint density at radius 1 is 0.926 bits per heavy atom. The Bertz CT molecular complexity index is 971. The van der Waals surface area contributed by atoms with Crippen LogP contribution in [0.15, 0.2) is 48.5 Å². The summed E-state index contributed by atoms with van der Waals surface area (Å²) in [5, 5.41) is 8.37. The Labute approximate surface area is 157 Å². The molecule has 1 fully saturated rings. The standard InChI is InChI=1S/C20H21N5O2/c1-15(26)23-10-12-24(13-11-23)20(27)17-8-6-16(7-9-17)14-25-19-5-3-2-4-18(19)21-22-25/h2-9H,10-14H2,1H3. The molecule has 4 rings (SSSR count). The molecule has 1 aliphatic rings. The van der Waals surface area contributed by atoms with Gasteiger partial charge in [0, 0.05) is 38.7 Å². The summed E-state index contributed by atoms with van der Waals surface area (Å²) < 4.78 is 1.85. The summed E-state index contributed by atoms with van der Waals surface area (Å²) in [4.78, 5) is 27.7. The lowest BCUT2D eigenvalue weighted by Gasteiger charge is -2.34. The predicted octanol–water partition coefficient (Wildman–Crippen LogP) is 1.78. The van der Waals surface area contributed by atoms with Crippen LogP contribution in [-0.4, -0.2) is 62.8 Å². The van der Waals surface area contributed by atoms with Gasteiger partial charge in [-0.25, -0.2) is 4.68 Å². The van der Waals surface area contributed by atoms with E-state index in [2.05, 4.69) is 10.3 Å². The van der Waals surface area contributed by atoms with Crippen molar-refractivity contribution in [3.05, 3.63) is 59.7 Å². The number of nitrogens with zero attached hydrogens (tertiary/aromatic N) is 5. The topological polar surface area (TPSA) is 71.3 Å². The van der Waals surface area contributed by atoms with Crippen molar-refractivity contribution in [2.45, 2.75) is 13.5 Å². The van der Waals surface area contributed by atoms with Gasteiger partial charge < -0.3 is 9.80 Å². The van der Waals surface area contributed by atoms with Gasteiger partial charge in [-0.05, 0) is 29.8 Å². The zero-order valence-corrected chi connectivity index (χ0v) is 15.2. The first-order valence-corrected chi connectivity index (χ1v) is 9.04. The molecule has 2 heterocycles. The molecule has 0 saturated carbocycles. The first kappa shape index (κ1) is 17.2. The molecule has 0 unspecified atom stereocenters. The Balaban J connectivity index is 1.43. The number of rotatable bonds is 3. The SMILES string of the molecule is CC(=O)N1CCN(C(=O)c2ccc(Cn3nnc4ccccc43)cc2)CC1. The molecule has 1 aromatic heterocycles. The van der Waals surface area contributed by atoms with E-state index in [0.29, 0.717) is 38.3 Å². The minimum atomic E-state index is 0.0101. The average molecular weight is 363 g/mol. The summed E-state index contributed by atoms with van der Waals surface area (Å²) >= 11 is 0. The highest BCUT2D eigenvalue weighted by Crippen LogP contribution is 2.14. The Hall–Kier alpha value is -3.22. The molecule has 0 N–H and O–H groups in total. The summed E-state index contributed by atoms with van der Waals surface area (Å²) in [6.45, 7) is 4.51. The molecule has 1 saturated heterocycles. The van der Waals surface area contributed by atoms with Gasteiger partial charge in [0.2, 0.25) is 5.91 Å². The van der Waals surface area contributed by atoms with Gasteiger partial charge in [-0.15, -0.1) is 5.10 Å². The zero-order valence-electron chi connectivity index (χ0n) is 15.2. The van der Waals surface area contributed by atoms with Gasteiger partial charge in [0.15, 0.2) is 0 Å². The molecule has 2 aromatic carbocycles. The zero-order chi connectivity index (χ0) is 18.8.